The number of hydrogen-bond acceptors (Lipinski definition) is 3. The molecule has 23 heavy (non-hydrogen) atoms. The molecule has 0 heterocycles. The number of nitrogens with two attached hydrogens (primary N) is 1. The molecule has 1 atom stereocenters. The van der Waals surface area contributed by atoms with Gasteiger partial charge in [0.1, 0.15) is 6.04 Å². The number of benzene rings is 2. The molecule has 0 spiro atoms. The molecule has 1 aliphatic rings. The molecule has 3 rings (SSSR count). The maximum absolute atomic E-state index is 11.5. The van der Waals surface area contributed by atoms with E-state index in [1.807, 2.05) is 24.3 Å². The summed E-state index contributed by atoms with van der Waals surface area (Å²) in [5.74, 6) is -0.810. The zero-order chi connectivity index (χ0) is 16.2. The van der Waals surface area contributed by atoms with Crippen molar-refractivity contribution in [1.82, 2.24) is 0 Å². The van der Waals surface area contributed by atoms with Crippen LogP contribution in [0.15, 0.2) is 42.5 Å². The maximum atomic E-state index is 11.5. The Hall–Kier alpha value is -2.33. The molecule has 0 aromatic heterocycles. The van der Waals surface area contributed by atoms with Crippen LogP contribution in [0.2, 0.25) is 0 Å². The van der Waals surface area contributed by atoms with E-state index in [1.54, 1.807) is 0 Å². The highest BCUT2D eigenvalue weighted by molar-refractivity contribution is 5.84. The molecular weight excluding hydrogens is 288 g/mol. The van der Waals surface area contributed by atoms with Gasteiger partial charge in [0.05, 0.1) is 0 Å². The van der Waals surface area contributed by atoms with Gasteiger partial charge in [-0.05, 0) is 54.1 Å². The monoisotopic (exact) mass is 310 g/mol. The fourth-order valence-corrected chi connectivity index (χ4v) is 3.23. The van der Waals surface area contributed by atoms with Crippen molar-refractivity contribution in [3.63, 3.8) is 0 Å². The lowest BCUT2D eigenvalue weighted by Gasteiger charge is -2.18. The van der Waals surface area contributed by atoms with Gasteiger partial charge in [0.15, 0.2) is 0 Å². The SMILES string of the molecule is NCCCC[C@H](Nc1cccc2c1Cc1ccccc1-2)C(=O)O. The Bertz CT molecular complexity index is 712. The van der Waals surface area contributed by atoms with Crippen molar-refractivity contribution in [2.24, 2.45) is 5.73 Å². The third kappa shape index (κ3) is 3.22. The number of rotatable bonds is 7. The van der Waals surface area contributed by atoms with E-state index < -0.39 is 12.0 Å². The Balaban J connectivity index is 1.83. The first-order valence-electron chi connectivity index (χ1n) is 8.10. The number of nitrogens with one attached hydrogen (secondary N) is 1. The van der Waals surface area contributed by atoms with E-state index in [0.717, 1.165) is 24.9 Å². The lowest BCUT2D eigenvalue weighted by Crippen LogP contribution is -2.29. The number of carbonyl (C=O) groups is 1. The van der Waals surface area contributed by atoms with Gasteiger partial charge in [0, 0.05) is 12.1 Å². The van der Waals surface area contributed by atoms with Crippen LogP contribution in [0.25, 0.3) is 11.1 Å². The standard InChI is InChI=1S/C19H22N2O2/c20-11-4-3-9-18(19(22)23)21-17-10-5-8-15-14-7-2-1-6-13(14)12-16(15)17/h1-2,5-8,10,18,21H,3-4,9,11-12,20H2,(H,22,23)/t18-/m0/s1. The Labute approximate surface area is 136 Å². The van der Waals surface area contributed by atoms with E-state index in [0.29, 0.717) is 13.0 Å². The highest BCUT2D eigenvalue weighted by Gasteiger charge is 2.23. The van der Waals surface area contributed by atoms with E-state index in [4.69, 9.17) is 5.73 Å². The number of carboxylic acid groups (broad SMARTS) is 1. The smallest absolute Gasteiger partial charge is 0.326 e. The molecule has 1 aliphatic carbocycles. The molecule has 4 heteroatoms. The molecule has 0 unspecified atom stereocenters. The minimum Gasteiger partial charge on any atom is -0.480 e. The van der Waals surface area contributed by atoms with Crippen LogP contribution in [0.4, 0.5) is 5.69 Å². The van der Waals surface area contributed by atoms with Gasteiger partial charge in [-0.3, -0.25) is 0 Å². The molecule has 0 bridgehead atoms. The van der Waals surface area contributed by atoms with Crippen molar-refractivity contribution in [3.8, 4) is 11.1 Å². The summed E-state index contributed by atoms with van der Waals surface area (Å²) in [5, 5.41) is 12.7. The molecule has 4 nitrogen and oxygen atoms in total. The predicted octanol–water partition coefficient (Wildman–Crippen LogP) is 3.25. The van der Waals surface area contributed by atoms with Gasteiger partial charge in [-0.1, -0.05) is 36.4 Å². The van der Waals surface area contributed by atoms with Crippen LogP contribution in [0.3, 0.4) is 0 Å². The Morgan fingerprint density at radius 2 is 1.91 bits per heavy atom. The molecule has 0 aliphatic heterocycles. The zero-order valence-corrected chi connectivity index (χ0v) is 13.1. The second kappa shape index (κ2) is 6.84. The summed E-state index contributed by atoms with van der Waals surface area (Å²) in [7, 11) is 0. The molecule has 2 aromatic rings. The second-order valence-electron chi connectivity index (χ2n) is 5.99. The predicted molar refractivity (Wildman–Crippen MR) is 92.6 cm³/mol. The van der Waals surface area contributed by atoms with Crippen LogP contribution in [-0.2, 0) is 11.2 Å². The number of anilines is 1. The molecule has 0 fully saturated rings. The average molecular weight is 310 g/mol. The Morgan fingerprint density at radius 1 is 1.13 bits per heavy atom. The molecular formula is C19H22N2O2. The third-order valence-corrected chi connectivity index (χ3v) is 4.43. The van der Waals surface area contributed by atoms with Crippen molar-refractivity contribution in [2.45, 2.75) is 31.7 Å². The molecule has 0 saturated carbocycles. The van der Waals surface area contributed by atoms with Crippen molar-refractivity contribution in [1.29, 1.82) is 0 Å². The second-order valence-corrected chi connectivity index (χ2v) is 5.99. The van der Waals surface area contributed by atoms with Gasteiger partial charge >= 0.3 is 5.97 Å². The van der Waals surface area contributed by atoms with E-state index in [1.165, 1.54) is 22.3 Å². The van der Waals surface area contributed by atoms with E-state index in [-0.39, 0.29) is 0 Å². The van der Waals surface area contributed by atoms with Crippen LogP contribution < -0.4 is 11.1 Å². The zero-order valence-electron chi connectivity index (χ0n) is 13.1. The summed E-state index contributed by atoms with van der Waals surface area (Å²) in [4.78, 5) is 11.5. The molecule has 0 saturated heterocycles. The number of carboxylic acids is 1. The Morgan fingerprint density at radius 3 is 2.70 bits per heavy atom. The van der Waals surface area contributed by atoms with Gasteiger partial charge in [-0.2, -0.15) is 0 Å². The van der Waals surface area contributed by atoms with Gasteiger partial charge in [-0.25, -0.2) is 4.79 Å². The van der Waals surface area contributed by atoms with Crippen LogP contribution in [0.1, 0.15) is 30.4 Å². The van der Waals surface area contributed by atoms with Gasteiger partial charge in [0.25, 0.3) is 0 Å². The van der Waals surface area contributed by atoms with E-state index in [9.17, 15) is 9.90 Å². The van der Waals surface area contributed by atoms with E-state index >= 15 is 0 Å². The minimum atomic E-state index is -0.810. The normalized spacial score (nSPS) is 13.3. The van der Waals surface area contributed by atoms with Gasteiger partial charge in [-0.15, -0.1) is 0 Å². The summed E-state index contributed by atoms with van der Waals surface area (Å²) in [5.41, 5.74) is 11.4. The quantitative estimate of drug-likeness (QED) is 0.586. The molecule has 120 valence electrons. The third-order valence-electron chi connectivity index (χ3n) is 4.43. The lowest BCUT2D eigenvalue weighted by atomic mass is 10.0. The van der Waals surface area contributed by atoms with Crippen LogP contribution >= 0.6 is 0 Å². The minimum absolute atomic E-state index is 0.572. The topological polar surface area (TPSA) is 75.3 Å². The van der Waals surface area contributed by atoms with Crippen LogP contribution in [-0.4, -0.2) is 23.7 Å². The molecule has 0 amide bonds. The van der Waals surface area contributed by atoms with Crippen LogP contribution in [0.5, 0.6) is 0 Å². The first-order chi connectivity index (χ1) is 11.2. The average Bonchev–Trinajstić information content (AvgIpc) is 2.93. The van der Waals surface area contributed by atoms with Gasteiger partial charge in [0.2, 0.25) is 0 Å². The van der Waals surface area contributed by atoms with Crippen LogP contribution in [0, 0.1) is 0 Å². The molecule has 2 aromatic carbocycles. The summed E-state index contributed by atoms with van der Waals surface area (Å²) in [6, 6.07) is 13.8. The number of fused-ring (bicyclic) bond motifs is 3. The highest BCUT2D eigenvalue weighted by atomic mass is 16.4. The van der Waals surface area contributed by atoms with E-state index in [2.05, 4.69) is 23.5 Å². The number of aliphatic carboxylic acids is 1. The lowest BCUT2D eigenvalue weighted by molar-refractivity contribution is -0.138. The van der Waals surface area contributed by atoms with Crippen molar-refractivity contribution < 1.29 is 9.90 Å². The molecule has 0 radical (unpaired) electrons. The maximum Gasteiger partial charge on any atom is 0.326 e. The first kappa shape index (κ1) is 15.6. The summed E-state index contributed by atoms with van der Waals surface area (Å²) < 4.78 is 0. The first-order valence-corrected chi connectivity index (χ1v) is 8.10. The van der Waals surface area contributed by atoms with Gasteiger partial charge < -0.3 is 16.2 Å². The van der Waals surface area contributed by atoms with Crippen molar-refractivity contribution in [2.75, 3.05) is 11.9 Å². The number of hydrogen-bond donors (Lipinski definition) is 3. The van der Waals surface area contributed by atoms with Crippen molar-refractivity contribution >= 4 is 11.7 Å². The highest BCUT2D eigenvalue weighted by Crippen LogP contribution is 2.40. The number of unbranched alkanes of at least 4 members (excludes halogenated alkanes) is 1. The Kier molecular flexibility index (Phi) is 4.63. The summed E-state index contributed by atoms with van der Waals surface area (Å²) >= 11 is 0. The summed E-state index contributed by atoms with van der Waals surface area (Å²) in [6.45, 7) is 0.600. The largest absolute Gasteiger partial charge is 0.480 e. The fourth-order valence-electron chi connectivity index (χ4n) is 3.23. The van der Waals surface area contributed by atoms with Crippen molar-refractivity contribution in [3.05, 3.63) is 53.6 Å². The summed E-state index contributed by atoms with van der Waals surface area (Å²) in [6.07, 6.45) is 3.10. The fraction of sp³-hybridized carbons (Fsp3) is 0.316. The molecule has 4 N–H and O–H groups in total.